The molecule has 1 fully saturated rings. The fourth-order valence-corrected chi connectivity index (χ4v) is 3.31. The second-order valence-electron chi connectivity index (χ2n) is 7.13. The predicted molar refractivity (Wildman–Crippen MR) is 93.1 cm³/mol. The third-order valence-electron chi connectivity index (χ3n) is 4.18. The lowest BCUT2D eigenvalue weighted by Crippen LogP contribution is -2.51. The number of rotatable bonds is 2. The number of hydrogen-bond acceptors (Lipinski definition) is 3. The van der Waals surface area contributed by atoms with E-state index in [1.807, 2.05) is 25.7 Å². The summed E-state index contributed by atoms with van der Waals surface area (Å²) in [6.45, 7) is 12.3. The lowest BCUT2D eigenvalue weighted by atomic mass is 9.92. The van der Waals surface area contributed by atoms with Gasteiger partial charge < -0.3 is 9.64 Å². The Morgan fingerprint density at radius 2 is 1.95 bits per heavy atom. The molecule has 2 rings (SSSR count). The SMILES string of the molecule is CC1=C(Br)C=CCC1CN1CCN(C(=O)OC(C)(C)C)CC1. The van der Waals surface area contributed by atoms with Gasteiger partial charge in [0.25, 0.3) is 0 Å². The molecular formula is C17H27BrN2O2. The number of nitrogens with zero attached hydrogens (tertiary/aromatic N) is 2. The van der Waals surface area contributed by atoms with E-state index < -0.39 is 5.60 Å². The van der Waals surface area contributed by atoms with Gasteiger partial charge in [0.2, 0.25) is 0 Å². The van der Waals surface area contributed by atoms with Crippen LogP contribution >= 0.6 is 15.9 Å². The number of carbonyl (C=O) groups is 1. The van der Waals surface area contributed by atoms with Crippen LogP contribution in [0.4, 0.5) is 4.79 Å². The molecule has 5 heteroatoms. The molecule has 0 aromatic rings. The second-order valence-corrected chi connectivity index (χ2v) is 7.99. The molecule has 0 bridgehead atoms. The largest absolute Gasteiger partial charge is 0.444 e. The van der Waals surface area contributed by atoms with E-state index in [4.69, 9.17) is 4.74 Å². The van der Waals surface area contributed by atoms with E-state index in [2.05, 4.69) is 39.9 Å². The van der Waals surface area contributed by atoms with Crippen LogP contribution in [-0.4, -0.2) is 54.2 Å². The minimum atomic E-state index is -0.420. The Hall–Kier alpha value is -0.810. The number of hydrogen-bond donors (Lipinski definition) is 0. The van der Waals surface area contributed by atoms with Crippen molar-refractivity contribution in [2.45, 2.75) is 39.7 Å². The van der Waals surface area contributed by atoms with Crippen LogP contribution in [0.1, 0.15) is 34.1 Å². The molecule has 0 spiro atoms. The normalized spacial score (nSPS) is 23.9. The molecule has 124 valence electrons. The Morgan fingerprint density at radius 1 is 1.32 bits per heavy atom. The molecule has 1 unspecified atom stereocenters. The van der Waals surface area contributed by atoms with Crippen LogP contribution < -0.4 is 0 Å². The zero-order valence-corrected chi connectivity index (χ0v) is 15.6. The molecule has 0 saturated carbocycles. The molecule has 1 heterocycles. The Labute approximate surface area is 142 Å². The van der Waals surface area contributed by atoms with Crippen LogP contribution in [0, 0.1) is 5.92 Å². The quantitative estimate of drug-likeness (QED) is 0.741. The molecule has 1 saturated heterocycles. The molecule has 0 radical (unpaired) electrons. The van der Waals surface area contributed by atoms with Crippen molar-refractivity contribution in [3.8, 4) is 0 Å². The van der Waals surface area contributed by atoms with Crippen LogP contribution in [0.3, 0.4) is 0 Å². The lowest BCUT2D eigenvalue weighted by Gasteiger charge is -2.37. The summed E-state index contributed by atoms with van der Waals surface area (Å²) in [5.74, 6) is 0.576. The van der Waals surface area contributed by atoms with Crippen molar-refractivity contribution >= 4 is 22.0 Å². The molecule has 0 aromatic carbocycles. The standard InChI is InChI=1S/C17H27BrN2O2/c1-13-14(6-5-7-15(13)18)12-19-8-10-20(11-9-19)16(21)22-17(2,3)4/h5,7,14H,6,8-12H2,1-4H3. The number of piperazine rings is 1. The number of halogens is 1. The summed E-state index contributed by atoms with van der Waals surface area (Å²) in [7, 11) is 0. The van der Waals surface area contributed by atoms with Crippen molar-refractivity contribution in [1.29, 1.82) is 0 Å². The summed E-state index contributed by atoms with van der Waals surface area (Å²) in [6, 6.07) is 0. The topological polar surface area (TPSA) is 32.8 Å². The Kier molecular flexibility index (Phi) is 5.72. The first-order valence-corrected chi connectivity index (χ1v) is 8.78. The minimum absolute atomic E-state index is 0.188. The van der Waals surface area contributed by atoms with Gasteiger partial charge in [-0.1, -0.05) is 33.7 Å². The van der Waals surface area contributed by atoms with E-state index in [0.717, 1.165) is 39.1 Å². The summed E-state index contributed by atoms with van der Waals surface area (Å²) < 4.78 is 6.66. The smallest absolute Gasteiger partial charge is 0.410 e. The Morgan fingerprint density at radius 3 is 2.55 bits per heavy atom. The number of carbonyl (C=O) groups excluding carboxylic acids is 1. The highest BCUT2D eigenvalue weighted by molar-refractivity contribution is 9.11. The van der Waals surface area contributed by atoms with Gasteiger partial charge in [-0.25, -0.2) is 4.79 Å². The highest BCUT2D eigenvalue weighted by Gasteiger charge is 2.27. The maximum Gasteiger partial charge on any atom is 0.410 e. The summed E-state index contributed by atoms with van der Waals surface area (Å²) in [5, 5.41) is 0. The van der Waals surface area contributed by atoms with Crippen LogP contribution in [0.25, 0.3) is 0 Å². The molecule has 1 aliphatic heterocycles. The van der Waals surface area contributed by atoms with Gasteiger partial charge in [-0.2, -0.15) is 0 Å². The fourth-order valence-electron chi connectivity index (χ4n) is 2.80. The van der Waals surface area contributed by atoms with Crippen LogP contribution in [0.2, 0.25) is 0 Å². The second kappa shape index (κ2) is 7.18. The summed E-state index contributed by atoms with van der Waals surface area (Å²) in [6.07, 6.45) is 5.30. The lowest BCUT2D eigenvalue weighted by molar-refractivity contribution is 0.0137. The van der Waals surface area contributed by atoms with E-state index in [-0.39, 0.29) is 6.09 Å². The van der Waals surface area contributed by atoms with Gasteiger partial charge >= 0.3 is 6.09 Å². The Bertz CT molecular complexity index is 472. The molecule has 1 amide bonds. The number of amides is 1. The van der Waals surface area contributed by atoms with Crippen LogP contribution in [0.5, 0.6) is 0 Å². The monoisotopic (exact) mass is 370 g/mol. The number of allylic oxidation sites excluding steroid dienone is 3. The zero-order valence-electron chi connectivity index (χ0n) is 14.1. The van der Waals surface area contributed by atoms with Crippen molar-refractivity contribution in [3.05, 3.63) is 22.2 Å². The zero-order chi connectivity index (χ0) is 16.3. The molecule has 4 nitrogen and oxygen atoms in total. The van der Waals surface area contributed by atoms with Gasteiger partial charge in [0.05, 0.1) is 0 Å². The minimum Gasteiger partial charge on any atom is -0.444 e. The van der Waals surface area contributed by atoms with E-state index in [9.17, 15) is 4.79 Å². The van der Waals surface area contributed by atoms with Crippen molar-refractivity contribution in [2.24, 2.45) is 5.92 Å². The average Bonchev–Trinajstić information content (AvgIpc) is 2.43. The summed E-state index contributed by atoms with van der Waals surface area (Å²) >= 11 is 3.62. The average molecular weight is 371 g/mol. The highest BCUT2D eigenvalue weighted by Crippen LogP contribution is 2.29. The molecular weight excluding hydrogens is 344 g/mol. The van der Waals surface area contributed by atoms with E-state index in [0.29, 0.717) is 5.92 Å². The third kappa shape index (κ3) is 4.85. The van der Waals surface area contributed by atoms with Gasteiger partial charge in [0.1, 0.15) is 5.60 Å². The maximum atomic E-state index is 12.1. The van der Waals surface area contributed by atoms with Crippen LogP contribution in [0.15, 0.2) is 22.2 Å². The third-order valence-corrected chi connectivity index (χ3v) is 5.07. The first-order chi connectivity index (χ1) is 10.3. The van der Waals surface area contributed by atoms with Gasteiger partial charge in [-0.15, -0.1) is 0 Å². The summed E-state index contributed by atoms with van der Waals surface area (Å²) in [5.41, 5.74) is 1.01. The van der Waals surface area contributed by atoms with Crippen molar-refractivity contribution < 1.29 is 9.53 Å². The fraction of sp³-hybridized carbons (Fsp3) is 0.706. The van der Waals surface area contributed by atoms with Crippen molar-refractivity contribution in [2.75, 3.05) is 32.7 Å². The molecule has 22 heavy (non-hydrogen) atoms. The van der Waals surface area contributed by atoms with E-state index >= 15 is 0 Å². The van der Waals surface area contributed by atoms with Gasteiger partial charge in [-0.3, -0.25) is 4.90 Å². The van der Waals surface area contributed by atoms with Gasteiger partial charge in [-0.05, 0) is 40.0 Å². The Balaban J connectivity index is 1.81. The van der Waals surface area contributed by atoms with E-state index in [1.165, 1.54) is 10.1 Å². The molecule has 1 atom stereocenters. The highest BCUT2D eigenvalue weighted by atomic mass is 79.9. The summed E-state index contributed by atoms with van der Waals surface area (Å²) in [4.78, 5) is 16.3. The molecule has 1 aliphatic carbocycles. The molecule has 0 N–H and O–H groups in total. The van der Waals surface area contributed by atoms with Gasteiger partial charge in [0.15, 0.2) is 0 Å². The van der Waals surface area contributed by atoms with E-state index in [1.54, 1.807) is 0 Å². The first-order valence-electron chi connectivity index (χ1n) is 7.99. The van der Waals surface area contributed by atoms with Crippen molar-refractivity contribution in [1.82, 2.24) is 9.80 Å². The predicted octanol–water partition coefficient (Wildman–Crippen LogP) is 3.78. The maximum absolute atomic E-state index is 12.1. The molecule has 0 aromatic heterocycles. The van der Waals surface area contributed by atoms with Gasteiger partial charge in [0, 0.05) is 37.2 Å². The van der Waals surface area contributed by atoms with Crippen molar-refractivity contribution in [3.63, 3.8) is 0 Å². The number of ether oxygens (including phenoxy) is 1. The first kappa shape index (κ1) is 17.5. The molecule has 2 aliphatic rings. The van der Waals surface area contributed by atoms with Crippen LogP contribution in [-0.2, 0) is 4.74 Å².